The summed E-state index contributed by atoms with van der Waals surface area (Å²) in [5.74, 6) is -0.418. The molecule has 0 aliphatic heterocycles. The van der Waals surface area contributed by atoms with E-state index in [0.717, 1.165) is 18.7 Å². The highest BCUT2D eigenvalue weighted by molar-refractivity contribution is 7.11. The van der Waals surface area contributed by atoms with Crippen molar-refractivity contribution in [3.8, 4) is 0 Å². The monoisotopic (exact) mass is 424 g/mol. The number of carbonyl (C=O) groups is 1. The third-order valence-corrected chi connectivity index (χ3v) is 4.75. The van der Waals surface area contributed by atoms with Gasteiger partial charge in [-0.2, -0.15) is 9.13 Å². The maximum atomic E-state index is 11.1. The smallest absolute Gasteiger partial charge is 0.249 e. The van der Waals surface area contributed by atoms with Crippen LogP contribution in [0.5, 0.6) is 0 Å². The molecule has 3 N–H and O–H groups in total. The molecule has 0 fully saturated rings. The fraction of sp³-hybridized carbons (Fsp3) is 0.111. The number of pyridine rings is 2. The number of nitrogens with two attached hydrogens (primary N) is 1. The number of oxime groups is 1. The van der Waals surface area contributed by atoms with Crippen molar-refractivity contribution in [1.82, 2.24) is 0 Å². The van der Waals surface area contributed by atoms with E-state index in [1.807, 2.05) is 41.5 Å². The predicted molar refractivity (Wildman–Crippen MR) is 93.7 cm³/mol. The summed E-state index contributed by atoms with van der Waals surface area (Å²) in [5.41, 5.74) is 6.61. The lowest BCUT2D eigenvalue weighted by Crippen LogP contribution is -3.00. The number of aromatic nitrogens is 2. The Morgan fingerprint density at radius 1 is 0.963 bits per heavy atom. The van der Waals surface area contributed by atoms with Gasteiger partial charge in [0.25, 0.3) is 0 Å². The molecule has 9 heteroatoms. The van der Waals surface area contributed by atoms with Crippen molar-refractivity contribution in [2.75, 3.05) is 0 Å². The largest absolute Gasteiger partial charge is 1.00 e. The highest BCUT2D eigenvalue weighted by Gasteiger charge is 2.10. The van der Waals surface area contributed by atoms with Crippen molar-refractivity contribution >= 4 is 23.5 Å². The SMILES string of the molecule is NC(=O)c1cc[n+](Cc2ccc(C[n+]3ccc(/C=N/O)cc3)s2)cc1.[Cl-].[Cl-]. The average Bonchev–Trinajstić information content (AvgIpc) is 3.04. The van der Waals surface area contributed by atoms with Crippen LogP contribution < -0.4 is 39.7 Å². The number of nitrogens with zero attached hydrogens (tertiary/aromatic N) is 3. The van der Waals surface area contributed by atoms with Crippen LogP contribution in [0.15, 0.2) is 66.3 Å². The van der Waals surface area contributed by atoms with E-state index < -0.39 is 5.91 Å². The van der Waals surface area contributed by atoms with Crippen LogP contribution in [0.4, 0.5) is 0 Å². The lowest BCUT2D eigenvalue weighted by Gasteiger charge is -1.96. The summed E-state index contributed by atoms with van der Waals surface area (Å²) in [5, 5.41) is 11.5. The Labute approximate surface area is 173 Å². The zero-order valence-corrected chi connectivity index (χ0v) is 16.5. The molecule has 0 radical (unpaired) electrons. The van der Waals surface area contributed by atoms with Gasteiger partial charge < -0.3 is 35.8 Å². The molecule has 27 heavy (non-hydrogen) atoms. The molecule has 3 aromatic rings. The number of hydrogen-bond donors (Lipinski definition) is 2. The first-order valence-electron chi connectivity index (χ1n) is 7.67. The van der Waals surface area contributed by atoms with E-state index in [4.69, 9.17) is 10.9 Å². The number of rotatable bonds is 6. The van der Waals surface area contributed by atoms with Crippen LogP contribution in [0, 0.1) is 0 Å². The Morgan fingerprint density at radius 3 is 1.89 bits per heavy atom. The molecule has 0 aliphatic rings. The molecular formula is C18H18Cl2N4O2S. The molecular weight excluding hydrogens is 407 g/mol. The maximum Gasteiger partial charge on any atom is 0.249 e. The molecule has 6 nitrogen and oxygen atoms in total. The van der Waals surface area contributed by atoms with Gasteiger partial charge in [-0.3, -0.25) is 4.79 Å². The standard InChI is InChI=1S/C18H16N4O2S.2ClH/c19-18(23)15-5-9-22(10-6-15)13-17-2-1-16(25-17)12-21-7-3-14(4-8-21)11-20-24;;/h1-11H,12-13H2,(H-,19,23);2*1H. The number of primary amides is 1. The zero-order valence-electron chi connectivity index (χ0n) is 14.2. The Hall–Kier alpha value is -2.48. The summed E-state index contributed by atoms with van der Waals surface area (Å²) in [6, 6.07) is 11.5. The molecule has 0 bridgehead atoms. The summed E-state index contributed by atoms with van der Waals surface area (Å²) < 4.78 is 4.08. The Kier molecular flexibility index (Phi) is 8.87. The predicted octanol–water partition coefficient (Wildman–Crippen LogP) is -4.67. The number of thiophene rings is 1. The van der Waals surface area contributed by atoms with E-state index in [1.165, 1.54) is 16.0 Å². The van der Waals surface area contributed by atoms with Crippen LogP contribution in [0.2, 0.25) is 0 Å². The molecule has 0 aromatic carbocycles. The van der Waals surface area contributed by atoms with Crippen molar-refractivity contribution in [3.05, 3.63) is 82.1 Å². The van der Waals surface area contributed by atoms with Gasteiger partial charge in [-0.05, 0) is 12.1 Å². The van der Waals surface area contributed by atoms with Crippen LogP contribution in [0.1, 0.15) is 25.7 Å². The summed E-state index contributed by atoms with van der Waals surface area (Å²) >= 11 is 1.75. The molecule has 3 heterocycles. The second-order valence-electron chi connectivity index (χ2n) is 5.54. The highest BCUT2D eigenvalue weighted by atomic mass is 35.5. The van der Waals surface area contributed by atoms with Gasteiger partial charge in [-0.15, -0.1) is 11.3 Å². The highest BCUT2D eigenvalue weighted by Crippen LogP contribution is 2.16. The third kappa shape index (κ3) is 6.32. The number of hydrogen-bond acceptors (Lipinski definition) is 4. The van der Waals surface area contributed by atoms with E-state index in [2.05, 4.69) is 21.9 Å². The van der Waals surface area contributed by atoms with Gasteiger partial charge in [0.15, 0.2) is 37.9 Å². The van der Waals surface area contributed by atoms with E-state index in [9.17, 15) is 4.79 Å². The summed E-state index contributed by atoms with van der Waals surface area (Å²) in [7, 11) is 0. The first kappa shape index (κ1) is 22.6. The van der Waals surface area contributed by atoms with Gasteiger partial charge in [-0.25, -0.2) is 0 Å². The molecule has 142 valence electrons. The summed E-state index contributed by atoms with van der Waals surface area (Å²) in [6.07, 6.45) is 9.01. The molecule has 0 unspecified atom stereocenters. The van der Waals surface area contributed by atoms with Crippen molar-refractivity contribution in [2.24, 2.45) is 10.9 Å². The fourth-order valence-electron chi connectivity index (χ4n) is 2.41. The second kappa shape index (κ2) is 10.6. The second-order valence-corrected chi connectivity index (χ2v) is 6.79. The number of halogens is 2. The first-order chi connectivity index (χ1) is 12.1. The van der Waals surface area contributed by atoms with Gasteiger partial charge >= 0.3 is 0 Å². The number of amides is 1. The normalized spacial score (nSPS) is 10.2. The minimum Gasteiger partial charge on any atom is -1.00 e. The quantitative estimate of drug-likeness (QED) is 0.180. The van der Waals surface area contributed by atoms with Crippen LogP contribution in [0.25, 0.3) is 0 Å². The van der Waals surface area contributed by atoms with E-state index in [0.29, 0.717) is 5.56 Å². The summed E-state index contributed by atoms with van der Waals surface area (Å²) in [6.45, 7) is 1.53. The van der Waals surface area contributed by atoms with E-state index >= 15 is 0 Å². The molecule has 0 saturated heterocycles. The third-order valence-electron chi connectivity index (χ3n) is 3.69. The van der Waals surface area contributed by atoms with E-state index in [-0.39, 0.29) is 24.8 Å². The minimum absolute atomic E-state index is 0. The molecule has 1 amide bonds. The molecule has 0 atom stereocenters. The van der Waals surface area contributed by atoms with Gasteiger partial charge in [0.2, 0.25) is 5.91 Å². The van der Waals surface area contributed by atoms with Crippen LogP contribution in [0.3, 0.4) is 0 Å². The average molecular weight is 425 g/mol. The minimum atomic E-state index is -0.418. The van der Waals surface area contributed by atoms with Gasteiger partial charge in [-0.1, -0.05) is 5.16 Å². The topological polar surface area (TPSA) is 83.4 Å². The molecule has 0 aliphatic carbocycles. The maximum absolute atomic E-state index is 11.1. The van der Waals surface area contributed by atoms with Crippen molar-refractivity contribution < 1.29 is 44.0 Å². The molecule has 0 saturated carbocycles. The van der Waals surface area contributed by atoms with Crippen molar-refractivity contribution in [2.45, 2.75) is 13.1 Å². The lowest BCUT2D eigenvalue weighted by atomic mass is 10.2. The fourth-order valence-corrected chi connectivity index (χ4v) is 3.44. The summed E-state index contributed by atoms with van der Waals surface area (Å²) in [4.78, 5) is 13.6. The van der Waals surface area contributed by atoms with Crippen LogP contribution >= 0.6 is 11.3 Å². The van der Waals surface area contributed by atoms with Crippen LogP contribution in [-0.4, -0.2) is 17.3 Å². The van der Waals surface area contributed by atoms with E-state index in [1.54, 1.807) is 23.5 Å². The Bertz CT molecular complexity index is 896. The lowest BCUT2D eigenvalue weighted by molar-refractivity contribution is -0.688. The number of carbonyl (C=O) groups excluding carboxylic acids is 1. The Balaban J connectivity index is 0.00000182. The van der Waals surface area contributed by atoms with Gasteiger partial charge in [0.1, 0.15) is 0 Å². The zero-order chi connectivity index (χ0) is 17.6. The van der Waals surface area contributed by atoms with Crippen LogP contribution in [-0.2, 0) is 13.1 Å². The first-order valence-corrected chi connectivity index (χ1v) is 8.49. The molecule has 3 rings (SSSR count). The molecule has 0 spiro atoms. The Morgan fingerprint density at radius 2 is 1.44 bits per heavy atom. The molecule has 3 aromatic heterocycles. The van der Waals surface area contributed by atoms with Gasteiger partial charge in [0.05, 0.1) is 21.5 Å². The van der Waals surface area contributed by atoms with Crippen molar-refractivity contribution in [1.29, 1.82) is 0 Å². The van der Waals surface area contributed by atoms with Crippen molar-refractivity contribution in [3.63, 3.8) is 0 Å². The van der Waals surface area contributed by atoms with Gasteiger partial charge in [0, 0.05) is 29.8 Å².